The van der Waals surface area contributed by atoms with Crippen LogP contribution >= 0.6 is 0 Å². The molecule has 0 bridgehead atoms. The van der Waals surface area contributed by atoms with E-state index >= 15 is 0 Å². The minimum absolute atomic E-state index is 0.0414. The molecule has 6 rings (SSSR count). The zero-order chi connectivity index (χ0) is 33.1. The maximum Gasteiger partial charge on any atom is 0.332 e. The molecule has 0 spiro atoms. The van der Waals surface area contributed by atoms with Gasteiger partial charge in [-0.1, -0.05) is 30.3 Å². The second-order valence-corrected chi connectivity index (χ2v) is 13.5. The molecule has 15 heteroatoms. The second kappa shape index (κ2) is 13.6. The molecule has 0 radical (unpaired) electrons. The third-order valence-corrected chi connectivity index (χ3v) is 8.98. The number of nitrogens with one attached hydrogen (secondary N) is 2. The van der Waals surface area contributed by atoms with Crippen LogP contribution in [0, 0.1) is 5.92 Å². The number of aliphatic imine (C=N–C) groups is 1. The maximum atomic E-state index is 13.7. The lowest BCUT2D eigenvalue weighted by Crippen LogP contribution is -2.48. The van der Waals surface area contributed by atoms with Gasteiger partial charge >= 0.3 is 5.97 Å². The largest absolute Gasteiger partial charge is 0.458 e. The molecule has 2 unspecified atom stereocenters. The van der Waals surface area contributed by atoms with Gasteiger partial charge in [0.1, 0.15) is 11.9 Å². The van der Waals surface area contributed by atoms with Crippen LogP contribution < -0.4 is 19.8 Å². The lowest BCUT2D eigenvalue weighted by atomic mass is 9.96. The average molecular weight is 662 g/mol. The van der Waals surface area contributed by atoms with Gasteiger partial charge in [-0.25, -0.2) is 24.0 Å². The van der Waals surface area contributed by atoms with Crippen molar-refractivity contribution in [3.63, 3.8) is 0 Å². The Bertz CT molecular complexity index is 1830. The standard InChI is InChI=1S/C32H39N9O5S/c1-32(2,3)46-30(43)25(41(47(44)45)24-10-9-21-7-4-5-8-23(21)17-24)18-40-20-37-26-27(35-19-36-28(26)40)39-15-11-22(12-16-39)29(42)38-31-33-13-6-14-34-31/h4-5,7-10,17,19-20,22,25H,6,11-16,18H2,1-3H3,(H,44,45)(H2,33,34,38,42). The van der Waals surface area contributed by atoms with E-state index in [1.807, 2.05) is 30.3 Å². The number of aromatic nitrogens is 4. The number of esters is 1. The van der Waals surface area contributed by atoms with Crippen molar-refractivity contribution in [1.82, 2.24) is 30.2 Å². The van der Waals surface area contributed by atoms with Gasteiger partial charge in [0.05, 0.1) is 18.6 Å². The van der Waals surface area contributed by atoms with Crippen LogP contribution in [-0.4, -0.2) is 83.9 Å². The van der Waals surface area contributed by atoms with Crippen LogP contribution in [0.15, 0.2) is 60.1 Å². The van der Waals surface area contributed by atoms with Crippen molar-refractivity contribution in [2.45, 2.75) is 58.2 Å². The summed E-state index contributed by atoms with van der Waals surface area (Å²) in [6.45, 7) is 7.87. The van der Waals surface area contributed by atoms with Crippen molar-refractivity contribution in [1.29, 1.82) is 0 Å². The second-order valence-electron chi connectivity index (χ2n) is 12.7. The number of carbonyl (C=O) groups excluding carboxylic acids is 2. The van der Waals surface area contributed by atoms with Crippen molar-refractivity contribution in [3.8, 4) is 0 Å². The molecule has 14 nitrogen and oxygen atoms in total. The highest BCUT2D eigenvalue weighted by Crippen LogP contribution is 2.29. The number of guanidine groups is 1. The highest BCUT2D eigenvalue weighted by atomic mass is 32.2. The lowest BCUT2D eigenvalue weighted by molar-refractivity contribution is -0.156. The minimum atomic E-state index is -2.58. The average Bonchev–Trinajstić information content (AvgIpc) is 3.47. The van der Waals surface area contributed by atoms with Gasteiger partial charge in [-0.05, 0) is 62.9 Å². The number of anilines is 2. The summed E-state index contributed by atoms with van der Waals surface area (Å²) in [4.78, 5) is 46.6. The number of piperidine rings is 1. The molecule has 248 valence electrons. The third-order valence-electron chi connectivity index (χ3n) is 8.17. The predicted octanol–water partition coefficient (Wildman–Crippen LogP) is 3.02. The topological polar surface area (TPSA) is 167 Å². The first-order valence-electron chi connectivity index (χ1n) is 15.7. The Balaban J connectivity index is 1.25. The quantitative estimate of drug-likeness (QED) is 0.189. The zero-order valence-corrected chi connectivity index (χ0v) is 27.4. The third kappa shape index (κ3) is 7.36. The Morgan fingerprint density at radius 3 is 2.60 bits per heavy atom. The Labute approximate surface area is 275 Å². The van der Waals surface area contributed by atoms with Crippen molar-refractivity contribution < 1.29 is 23.1 Å². The van der Waals surface area contributed by atoms with E-state index in [-0.39, 0.29) is 18.4 Å². The fraction of sp³-hybridized carbons (Fsp3) is 0.438. The Morgan fingerprint density at radius 2 is 1.89 bits per heavy atom. The summed E-state index contributed by atoms with van der Waals surface area (Å²) in [5.74, 6) is 0.305. The first-order valence-corrected chi connectivity index (χ1v) is 16.8. The number of rotatable bonds is 8. The number of hydrogen-bond acceptors (Lipinski definition) is 10. The van der Waals surface area contributed by atoms with Gasteiger partial charge in [-0.3, -0.25) is 24.0 Å². The smallest absolute Gasteiger partial charge is 0.332 e. The summed E-state index contributed by atoms with van der Waals surface area (Å²) in [6.07, 6.45) is 5.21. The van der Waals surface area contributed by atoms with Crippen LogP contribution in [0.25, 0.3) is 21.9 Å². The van der Waals surface area contributed by atoms with Crippen molar-refractivity contribution >= 4 is 62.5 Å². The first-order chi connectivity index (χ1) is 22.6. The molecule has 0 aliphatic carbocycles. The van der Waals surface area contributed by atoms with Crippen LogP contribution in [0.2, 0.25) is 0 Å². The molecule has 2 aliphatic heterocycles. The van der Waals surface area contributed by atoms with Gasteiger partial charge in [0.25, 0.3) is 11.3 Å². The number of ether oxygens (including phenoxy) is 1. The monoisotopic (exact) mass is 661 g/mol. The van der Waals surface area contributed by atoms with Gasteiger partial charge in [0.15, 0.2) is 29.0 Å². The Morgan fingerprint density at radius 1 is 1.13 bits per heavy atom. The molecule has 2 aromatic heterocycles. The molecular weight excluding hydrogens is 622 g/mol. The number of nitrogens with zero attached hydrogens (tertiary/aromatic N) is 7. The Kier molecular flexibility index (Phi) is 9.36. The molecule has 4 heterocycles. The molecular formula is C32H39N9O5S. The van der Waals surface area contributed by atoms with E-state index in [2.05, 4.69) is 35.5 Å². The Hall–Kier alpha value is -4.63. The highest BCUT2D eigenvalue weighted by Gasteiger charge is 2.36. The molecule has 0 saturated carbocycles. The number of benzene rings is 2. The van der Waals surface area contributed by atoms with E-state index in [0.29, 0.717) is 61.1 Å². The SMILES string of the molecule is CC(C)(C)OC(=O)C(Cn1cnc2c(N3CCC(C(=O)NC4=NCCCN4)CC3)ncnc21)N(c1ccc2ccccc2c1)S(=O)O. The molecule has 2 aromatic carbocycles. The van der Waals surface area contributed by atoms with Crippen LogP contribution in [0.3, 0.4) is 0 Å². The molecule has 2 aliphatic rings. The lowest BCUT2D eigenvalue weighted by Gasteiger charge is -2.32. The fourth-order valence-corrected chi connectivity index (χ4v) is 6.58. The molecule has 1 fully saturated rings. The fourth-order valence-electron chi connectivity index (χ4n) is 5.92. The maximum absolute atomic E-state index is 13.7. The number of imidazole rings is 1. The molecule has 2 atom stereocenters. The van der Waals surface area contributed by atoms with Gasteiger partial charge in [-0.15, -0.1) is 0 Å². The van der Waals surface area contributed by atoms with Gasteiger partial charge < -0.3 is 19.5 Å². The molecule has 47 heavy (non-hydrogen) atoms. The summed E-state index contributed by atoms with van der Waals surface area (Å²) in [6, 6.07) is 11.8. The van der Waals surface area contributed by atoms with Gasteiger partial charge in [0.2, 0.25) is 5.91 Å². The van der Waals surface area contributed by atoms with E-state index in [0.717, 1.165) is 28.0 Å². The molecule has 3 N–H and O–H groups in total. The van der Waals surface area contributed by atoms with Crippen LogP contribution in [0.5, 0.6) is 0 Å². The first kappa shape index (κ1) is 32.3. The van der Waals surface area contributed by atoms with E-state index in [4.69, 9.17) is 4.74 Å². The van der Waals surface area contributed by atoms with Crippen molar-refractivity contribution in [3.05, 3.63) is 55.1 Å². The van der Waals surface area contributed by atoms with Gasteiger partial charge in [0, 0.05) is 32.1 Å². The predicted molar refractivity (Wildman–Crippen MR) is 180 cm³/mol. The van der Waals surface area contributed by atoms with E-state index < -0.39 is 28.9 Å². The number of amides is 1. The number of fused-ring (bicyclic) bond motifs is 2. The van der Waals surface area contributed by atoms with Crippen molar-refractivity contribution in [2.24, 2.45) is 10.9 Å². The molecule has 1 amide bonds. The van der Waals surface area contributed by atoms with Crippen LogP contribution in [-0.2, 0) is 32.1 Å². The highest BCUT2D eigenvalue weighted by molar-refractivity contribution is 7.80. The summed E-state index contributed by atoms with van der Waals surface area (Å²) in [5.41, 5.74) is 0.545. The van der Waals surface area contributed by atoms with E-state index in [1.165, 1.54) is 6.33 Å². The van der Waals surface area contributed by atoms with Crippen molar-refractivity contribution in [2.75, 3.05) is 35.4 Å². The normalized spacial score (nSPS) is 17.1. The molecule has 1 saturated heterocycles. The number of hydrogen-bond donors (Lipinski definition) is 3. The van der Waals surface area contributed by atoms with E-state index in [9.17, 15) is 18.4 Å². The van der Waals surface area contributed by atoms with Crippen LogP contribution in [0.4, 0.5) is 11.5 Å². The summed E-state index contributed by atoms with van der Waals surface area (Å²) in [7, 11) is 0. The zero-order valence-electron chi connectivity index (χ0n) is 26.6. The van der Waals surface area contributed by atoms with Crippen LogP contribution in [0.1, 0.15) is 40.0 Å². The number of carbonyl (C=O) groups is 2. The molecule has 4 aromatic rings. The summed E-state index contributed by atoms with van der Waals surface area (Å²) < 4.78 is 32.1. The summed E-state index contributed by atoms with van der Waals surface area (Å²) >= 11 is -2.58. The van der Waals surface area contributed by atoms with Gasteiger partial charge in [-0.2, -0.15) is 0 Å². The summed E-state index contributed by atoms with van der Waals surface area (Å²) in [5, 5.41) is 7.85. The van der Waals surface area contributed by atoms with E-state index in [1.54, 1.807) is 43.8 Å². The minimum Gasteiger partial charge on any atom is -0.458 e.